The molecule has 5 nitrogen and oxygen atoms in total. The molecular formula is C11H15ClN2O3S. The molecule has 1 amide bonds. The molecule has 0 saturated heterocycles. The Balaban J connectivity index is 3.05. The zero-order valence-electron chi connectivity index (χ0n) is 10.3. The van der Waals surface area contributed by atoms with Gasteiger partial charge in [0.05, 0.1) is 11.6 Å². The molecule has 0 aliphatic rings. The molecule has 0 bridgehead atoms. The smallest absolute Gasteiger partial charge is 0.347 e. The van der Waals surface area contributed by atoms with E-state index in [4.69, 9.17) is 16.7 Å². The van der Waals surface area contributed by atoms with Gasteiger partial charge >= 0.3 is 5.97 Å². The molecule has 100 valence electrons. The van der Waals surface area contributed by atoms with Crippen LogP contribution in [0, 0.1) is 0 Å². The average Bonchev–Trinajstić information content (AvgIpc) is 2.73. The summed E-state index contributed by atoms with van der Waals surface area (Å²) in [5, 5.41) is 9.42. The lowest BCUT2D eigenvalue weighted by molar-refractivity contribution is -0.116. The van der Waals surface area contributed by atoms with Crippen molar-refractivity contribution in [2.24, 2.45) is 0 Å². The number of thiazole rings is 1. The van der Waals surface area contributed by atoms with Gasteiger partial charge in [0.15, 0.2) is 5.13 Å². The Morgan fingerprint density at radius 3 is 2.56 bits per heavy atom. The Morgan fingerprint density at radius 1 is 1.50 bits per heavy atom. The molecule has 1 N–H and O–H groups in total. The topological polar surface area (TPSA) is 70.5 Å². The van der Waals surface area contributed by atoms with Gasteiger partial charge in [0, 0.05) is 13.5 Å². The summed E-state index contributed by atoms with van der Waals surface area (Å²) in [5.74, 6) is -1.18. The number of hydrogen-bond acceptors (Lipinski definition) is 4. The van der Waals surface area contributed by atoms with E-state index in [0.29, 0.717) is 17.4 Å². The molecule has 1 rings (SSSR count). The number of aromatic carboxylic acids is 1. The third-order valence-corrected chi connectivity index (χ3v) is 3.71. The van der Waals surface area contributed by atoms with Crippen LogP contribution in [0.4, 0.5) is 5.13 Å². The highest BCUT2D eigenvalue weighted by molar-refractivity contribution is 7.17. The minimum Gasteiger partial charge on any atom is -0.477 e. The molecule has 1 aromatic rings. The highest BCUT2D eigenvalue weighted by Crippen LogP contribution is 2.28. The largest absolute Gasteiger partial charge is 0.477 e. The molecule has 0 atom stereocenters. The number of anilines is 1. The summed E-state index contributed by atoms with van der Waals surface area (Å²) in [7, 11) is 0. The number of rotatable bonds is 6. The van der Waals surface area contributed by atoms with Gasteiger partial charge in [-0.15, -0.1) is 11.6 Å². The number of halogens is 1. The summed E-state index contributed by atoms with van der Waals surface area (Å²) < 4.78 is 0. The molecule has 0 unspecified atom stereocenters. The molecule has 1 aromatic heterocycles. The zero-order chi connectivity index (χ0) is 13.7. The number of carboxylic acid groups (broad SMARTS) is 1. The Hall–Kier alpha value is -1.14. The number of carbonyl (C=O) groups is 2. The average molecular weight is 291 g/mol. The van der Waals surface area contributed by atoms with Gasteiger partial charge in [0.25, 0.3) is 0 Å². The quantitative estimate of drug-likeness (QED) is 0.818. The highest BCUT2D eigenvalue weighted by Gasteiger charge is 2.21. The fourth-order valence-electron chi connectivity index (χ4n) is 1.42. The molecule has 7 heteroatoms. The van der Waals surface area contributed by atoms with Crippen LogP contribution in [0.3, 0.4) is 0 Å². The van der Waals surface area contributed by atoms with Gasteiger partial charge in [-0.3, -0.25) is 9.69 Å². The summed E-state index contributed by atoms with van der Waals surface area (Å²) in [6, 6.07) is 0. The fraction of sp³-hybridized carbons (Fsp3) is 0.545. The summed E-state index contributed by atoms with van der Waals surface area (Å²) in [6.45, 7) is 4.00. The standard InChI is InChI=1S/C11H15ClN2O3S/c1-3-4-5-14(7(2)15)11-13-8(6-12)9(18-11)10(16)17/h3-6H2,1-2H3,(H,16,17). The molecule has 0 saturated carbocycles. The van der Waals surface area contributed by atoms with E-state index in [-0.39, 0.29) is 16.7 Å². The van der Waals surface area contributed by atoms with Crippen molar-refractivity contribution >= 4 is 39.9 Å². The van der Waals surface area contributed by atoms with E-state index >= 15 is 0 Å². The number of aromatic nitrogens is 1. The number of carbonyl (C=O) groups excluding carboxylic acids is 1. The maximum atomic E-state index is 11.5. The molecule has 0 aromatic carbocycles. The van der Waals surface area contributed by atoms with Crippen molar-refractivity contribution in [3.8, 4) is 0 Å². The second kappa shape index (κ2) is 6.70. The first-order valence-electron chi connectivity index (χ1n) is 5.58. The molecule has 0 radical (unpaired) electrons. The lowest BCUT2D eigenvalue weighted by atomic mass is 10.3. The van der Waals surface area contributed by atoms with Gasteiger partial charge < -0.3 is 5.11 Å². The number of hydrogen-bond donors (Lipinski definition) is 1. The normalized spacial score (nSPS) is 10.4. The van der Waals surface area contributed by atoms with Crippen LogP contribution in [-0.4, -0.2) is 28.5 Å². The highest BCUT2D eigenvalue weighted by atomic mass is 35.5. The maximum absolute atomic E-state index is 11.5. The lowest BCUT2D eigenvalue weighted by Crippen LogP contribution is -2.29. The van der Waals surface area contributed by atoms with Gasteiger partial charge in [-0.05, 0) is 6.42 Å². The number of alkyl halides is 1. The summed E-state index contributed by atoms with van der Waals surface area (Å²) >= 11 is 6.64. The number of nitrogens with zero attached hydrogens (tertiary/aromatic N) is 2. The second-order valence-electron chi connectivity index (χ2n) is 3.74. The Morgan fingerprint density at radius 2 is 2.17 bits per heavy atom. The van der Waals surface area contributed by atoms with Gasteiger partial charge in [0.2, 0.25) is 5.91 Å². The van der Waals surface area contributed by atoms with Crippen LogP contribution < -0.4 is 4.90 Å². The number of unbranched alkanes of at least 4 members (excludes halogenated alkanes) is 1. The van der Waals surface area contributed by atoms with Crippen LogP contribution in [0.1, 0.15) is 42.1 Å². The van der Waals surface area contributed by atoms with E-state index in [1.165, 1.54) is 11.8 Å². The fourth-order valence-corrected chi connectivity index (χ4v) is 2.68. The van der Waals surface area contributed by atoms with E-state index in [2.05, 4.69) is 4.98 Å². The second-order valence-corrected chi connectivity index (χ2v) is 4.98. The minimum absolute atomic E-state index is 0.0255. The summed E-state index contributed by atoms with van der Waals surface area (Å²) in [4.78, 5) is 28.3. The number of carboxylic acids is 1. The van der Waals surface area contributed by atoms with Crippen molar-refractivity contribution in [3.63, 3.8) is 0 Å². The molecule has 0 fully saturated rings. The Bertz CT molecular complexity index is 447. The molecule has 18 heavy (non-hydrogen) atoms. The SMILES string of the molecule is CCCCN(C(C)=O)c1nc(CCl)c(C(=O)O)s1. The summed E-state index contributed by atoms with van der Waals surface area (Å²) in [5.41, 5.74) is 0.312. The Kier molecular flexibility index (Phi) is 5.55. The lowest BCUT2D eigenvalue weighted by Gasteiger charge is -2.17. The van der Waals surface area contributed by atoms with Crippen LogP contribution in [0.5, 0.6) is 0 Å². The minimum atomic E-state index is -1.06. The molecular weight excluding hydrogens is 276 g/mol. The predicted octanol–water partition coefficient (Wildman–Crippen LogP) is 2.73. The van der Waals surface area contributed by atoms with Gasteiger partial charge in [-0.2, -0.15) is 0 Å². The monoisotopic (exact) mass is 290 g/mol. The summed E-state index contributed by atoms with van der Waals surface area (Å²) in [6.07, 6.45) is 1.79. The van der Waals surface area contributed by atoms with Crippen molar-refractivity contribution in [2.75, 3.05) is 11.4 Å². The van der Waals surface area contributed by atoms with Crippen LogP contribution >= 0.6 is 22.9 Å². The van der Waals surface area contributed by atoms with Gasteiger partial charge in [-0.25, -0.2) is 9.78 Å². The zero-order valence-corrected chi connectivity index (χ0v) is 11.8. The van der Waals surface area contributed by atoms with Gasteiger partial charge in [-0.1, -0.05) is 24.7 Å². The third-order valence-electron chi connectivity index (χ3n) is 2.35. The molecule has 0 aliphatic heterocycles. The van der Waals surface area contributed by atoms with Gasteiger partial charge in [0.1, 0.15) is 4.88 Å². The predicted molar refractivity (Wildman–Crippen MR) is 71.6 cm³/mol. The molecule has 1 heterocycles. The first-order chi connectivity index (χ1) is 8.51. The van der Waals surface area contributed by atoms with E-state index in [1.54, 1.807) is 0 Å². The first-order valence-corrected chi connectivity index (χ1v) is 6.93. The number of amides is 1. The van der Waals surface area contributed by atoms with Crippen LogP contribution in [0.15, 0.2) is 0 Å². The van der Waals surface area contributed by atoms with Crippen molar-refractivity contribution in [1.82, 2.24) is 4.98 Å². The first kappa shape index (κ1) is 14.9. The molecule has 0 aliphatic carbocycles. The van der Waals surface area contributed by atoms with E-state index in [9.17, 15) is 9.59 Å². The maximum Gasteiger partial charge on any atom is 0.347 e. The Labute approximate surface area is 114 Å². The van der Waals surface area contributed by atoms with Crippen molar-refractivity contribution in [1.29, 1.82) is 0 Å². The van der Waals surface area contributed by atoms with E-state index < -0.39 is 5.97 Å². The van der Waals surface area contributed by atoms with Crippen molar-refractivity contribution in [2.45, 2.75) is 32.6 Å². The van der Waals surface area contributed by atoms with Crippen LogP contribution in [0.2, 0.25) is 0 Å². The van der Waals surface area contributed by atoms with Crippen molar-refractivity contribution < 1.29 is 14.7 Å². The van der Waals surface area contributed by atoms with E-state index in [0.717, 1.165) is 24.2 Å². The third kappa shape index (κ3) is 3.43. The molecule has 0 spiro atoms. The van der Waals surface area contributed by atoms with Crippen molar-refractivity contribution in [3.05, 3.63) is 10.6 Å². The van der Waals surface area contributed by atoms with Crippen LogP contribution in [-0.2, 0) is 10.7 Å². The van der Waals surface area contributed by atoms with Crippen LogP contribution in [0.25, 0.3) is 0 Å². The van der Waals surface area contributed by atoms with E-state index in [1.807, 2.05) is 6.92 Å².